The Morgan fingerprint density at radius 2 is 1.64 bits per heavy atom. The van der Waals surface area contributed by atoms with Crippen LogP contribution in [0.4, 0.5) is 0 Å². The van der Waals surface area contributed by atoms with Crippen molar-refractivity contribution in [1.29, 1.82) is 0 Å². The van der Waals surface area contributed by atoms with Gasteiger partial charge in [0.1, 0.15) is 11.7 Å². The van der Waals surface area contributed by atoms with E-state index in [4.69, 9.17) is 18.0 Å². The number of carboxylic acids is 1. The maximum Gasteiger partial charge on any atom is 0.474 e. The van der Waals surface area contributed by atoms with Crippen molar-refractivity contribution in [3.63, 3.8) is 0 Å². The lowest BCUT2D eigenvalue weighted by Crippen LogP contribution is -2.45. The van der Waals surface area contributed by atoms with Crippen molar-refractivity contribution in [2.75, 3.05) is 19.8 Å². The lowest BCUT2D eigenvalue weighted by atomic mass is 10.0. The number of hydrogen-bond donors (Lipinski definition) is 3. The third-order valence-electron chi connectivity index (χ3n) is 6.81. The first kappa shape index (κ1) is 35.6. The Labute approximate surface area is 262 Å². The number of phosphoric acid groups is 1. The summed E-state index contributed by atoms with van der Waals surface area (Å²) in [6.45, 7) is 10.7. The molecule has 3 rings (SSSR count). The SMILES string of the molecule is CCOP(=O)(OCC)OCCn1nc(-c2cccc(-c3ncc(C(=O)NC(CC)CC)o3)c2)cc1C(=O)N[C@H](C(=O)O)C(C)C. The van der Waals surface area contributed by atoms with E-state index in [1.807, 2.05) is 13.8 Å². The molecule has 0 fully saturated rings. The number of phosphoric ester groups is 1. The first-order chi connectivity index (χ1) is 21.4. The van der Waals surface area contributed by atoms with Crippen molar-refractivity contribution in [2.45, 2.75) is 73.0 Å². The summed E-state index contributed by atoms with van der Waals surface area (Å²) in [5.41, 5.74) is 1.60. The van der Waals surface area contributed by atoms with Gasteiger partial charge in [-0.05, 0) is 50.8 Å². The normalized spacial score (nSPS) is 12.4. The highest BCUT2D eigenvalue weighted by molar-refractivity contribution is 7.48. The molecule has 0 saturated carbocycles. The second kappa shape index (κ2) is 16.5. The molecule has 14 nitrogen and oxygen atoms in total. The second-order valence-corrected chi connectivity index (χ2v) is 12.1. The van der Waals surface area contributed by atoms with E-state index in [-0.39, 0.29) is 61.6 Å². The van der Waals surface area contributed by atoms with Crippen LogP contribution in [-0.2, 0) is 29.5 Å². The average Bonchev–Trinajstić information content (AvgIpc) is 3.67. The molecule has 0 bridgehead atoms. The zero-order chi connectivity index (χ0) is 33.1. The molecule has 0 aliphatic heterocycles. The van der Waals surface area contributed by atoms with E-state index in [9.17, 15) is 24.1 Å². The molecule has 2 heterocycles. The van der Waals surface area contributed by atoms with Gasteiger partial charge in [-0.25, -0.2) is 14.3 Å². The van der Waals surface area contributed by atoms with Crippen molar-refractivity contribution in [3.8, 4) is 22.7 Å². The van der Waals surface area contributed by atoms with E-state index < -0.39 is 25.7 Å². The van der Waals surface area contributed by atoms with Gasteiger partial charge in [-0.1, -0.05) is 39.8 Å². The zero-order valence-electron chi connectivity index (χ0n) is 26.4. The standard InChI is InChI=1S/C30H42N5O9P/c1-7-22(8-2)32-28(37)25-18-31-29(44-25)21-13-11-12-20(16-21)23-17-24(27(36)33-26(19(5)6)30(38)39)35(34-23)14-15-43-45(40,41-9-3)42-10-4/h11-13,16-19,22,26H,7-10,14-15H2,1-6H3,(H,32,37)(H,33,36)(H,38,39)/t26-/m0/s1. The lowest BCUT2D eigenvalue weighted by molar-refractivity contribution is -0.140. The van der Waals surface area contributed by atoms with Crippen molar-refractivity contribution in [2.24, 2.45) is 5.92 Å². The highest BCUT2D eigenvalue weighted by Gasteiger charge is 2.28. The molecule has 0 aliphatic rings. The number of hydrogen-bond acceptors (Lipinski definition) is 10. The van der Waals surface area contributed by atoms with E-state index in [0.29, 0.717) is 16.8 Å². The fraction of sp³-hybridized carbons (Fsp3) is 0.500. The van der Waals surface area contributed by atoms with Gasteiger partial charge in [0.05, 0.1) is 38.3 Å². The maximum absolute atomic E-state index is 13.3. The monoisotopic (exact) mass is 647 g/mol. The molecule has 0 unspecified atom stereocenters. The smallest absolute Gasteiger partial charge is 0.474 e. The molecule has 1 atom stereocenters. The van der Waals surface area contributed by atoms with Crippen molar-refractivity contribution >= 4 is 25.6 Å². The van der Waals surface area contributed by atoms with Gasteiger partial charge in [-0.15, -0.1) is 0 Å². The Morgan fingerprint density at radius 3 is 2.24 bits per heavy atom. The van der Waals surface area contributed by atoms with Gasteiger partial charge in [0, 0.05) is 17.2 Å². The Balaban J connectivity index is 1.92. The Morgan fingerprint density at radius 1 is 0.978 bits per heavy atom. The van der Waals surface area contributed by atoms with Gasteiger partial charge in [0.25, 0.3) is 11.8 Å². The molecule has 246 valence electrons. The summed E-state index contributed by atoms with van der Waals surface area (Å²) in [6.07, 6.45) is 2.95. The van der Waals surface area contributed by atoms with E-state index in [1.54, 1.807) is 52.0 Å². The summed E-state index contributed by atoms with van der Waals surface area (Å²) >= 11 is 0. The first-order valence-electron chi connectivity index (χ1n) is 15.0. The van der Waals surface area contributed by atoms with Gasteiger partial charge < -0.3 is 20.2 Å². The van der Waals surface area contributed by atoms with Crippen molar-refractivity contribution in [1.82, 2.24) is 25.4 Å². The number of oxazole rings is 1. The molecule has 0 radical (unpaired) electrons. The molecule has 0 aliphatic carbocycles. The van der Waals surface area contributed by atoms with Gasteiger partial charge in [0.2, 0.25) is 11.7 Å². The summed E-state index contributed by atoms with van der Waals surface area (Å²) in [5.74, 6) is -2.26. The Bertz CT molecular complexity index is 1490. The van der Waals surface area contributed by atoms with Crippen LogP contribution in [0.2, 0.25) is 0 Å². The molecule has 1 aromatic carbocycles. The summed E-state index contributed by atoms with van der Waals surface area (Å²) in [5, 5.41) is 19.7. The fourth-order valence-corrected chi connectivity index (χ4v) is 5.54. The number of carbonyl (C=O) groups excluding carboxylic acids is 2. The predicted molar refractivity (Wildman–Crippen MR) is 166 cm³/mol. The lowest BCUT2D eigenvalue weighted by Gasteiger charge is -2.18. The number of nitrogens with one attached hydrogen (secondary N) is 2. The topological polar surface area (TPSA) is 184 Å². The van der Waals surface area contributed by atoms with E-state index >= 15 is 0 Å². The second-order valence-electron chi connectivity index (χ2n) is 10.4. The van der Waals surface area contributed by atoms with Gasteiger partial charge >= 0.3 is 13.8 Å². The summed E-state index contributed by atoms with van der Waals surface area (Å²) in [7, 11) is -3.82. The van der Waals surface area contributed by atoms with Crippen LogP contribution in [0.3, 0.4) is 0 Å². The summed E-state index contributed by atoms with van der Waals surface area (Å²) in [6, 6.07) is 7.42. The van der Waals surface area contributed by atoms with Crippen LogP contribution >= 0.6 is 7.82 Å². The fourth-order valence-electron chi connectivity index (χ4n) is 4.38. The van der Waals surface area contributed by atoms with Crippen LogP contribution in [0, 0.1) is 5.92 Å². The zero-order valence-corrected chi connectivity index (χ0v) is 27.3. The molecule has 3 aromatic rings. The molecule has 3 N–H and O–H groups in total. The van der Waals surface area contributed by atoms with Gasteiger partial charge in [-0.3, -0.25) is 27.8 Å². The third kappa shape index (κ3) is 9.57. The molecule has 15 heteroatoms. The van der Waals surface area contributed by atoms with Crippen LogP contribution in [0.15, 0.2) is 40.9 Å². The first-order valence-corrected chi connectivity index (χ1v) is 16.4. The van der Waals surface area contributed by atoms with Crippen molar-refractivity contribution < 1.29 is 42.0 Å². The number of rotatable bonds is 18. The largest absolute Gasteiger partial charge is 0.480 e. The number of amides is 2. The Kier molecular flexibility index (Phi) is 13.0. The third-order valence-corrected chi connectivity index (χ3v) is 8.46. The summed E-state index contributed by atoms with van der Waals surface area (Å²) < 4.78 is 35.6. The molecule has 2 amide bonds. The number of aliphatic carboxylic acids is 1. The highest BCUT2D eigenvalue weighted by Crippen LogP contribution is 2.49. The van der Waals surface area contributed by atoms with Gasteiger partial charge in [-0.2, -0.15) is 5.10 Å². The Hall–Kier alpha value is -3.84. The van der Waals surface area contributed by atoms with Crippen molar-refractivity contribution in [3.05, 3.63) is 48.0 Å². The van der Waals surface area contributed by atoms with E-state index in [0.717, 1.165) is 12.8 Å². The van der Waals surface area contributed by atoms with Crippen LogP contribution in [0.5, 0.6) is 0 Å². The summed E-state index contributed by atoms with van der Waals surface area (Å²) in [4.78, 5) is 42.0. The molecular formula is C30H42N5O9P. The van der Waals surface area contributed by atoms with Crippen LogP contribution in [0.25, 0.3) is 22.7 Å². The maximum atomic E-state index is 13.3. The van der Waals surface area contributed by atoms with E-state index in [1.165, 1.54) is 16.9 Å². The van der Waals surface area contributed by atoms with Crippen LogP contribution in [0.1, 0.15) is 75.4 Å². The molecular weight excluding hydrogens is 605 g/mol. The molecule has 45 heavy (non-hydrogen) atoms. The number of nitrogens with zero attached hydrogens (tertiary/aromatic N) is 3. The molecule has 0 saturated heterocycles. The minimum absolute atomic E-state index is 0.0258. The highest BCUT2D eigenvalue weighted by atomic mass is 31.2. The molecule has 2 aromatic heterocycles. The quantitative estimate of drug-likeness (QED) is 0.155. The number of aromatic nitrogens is 3. The van der Waals surface area contributed by atoms with E-state index in [2.05, 4.69) is 20.7 Å². The van der Waals surface area contributed by atoms with Crippen LogP contribution in [-0.4, -0.2) is 69.6 Å². The number of carbonyl (C=O) groups is 3. The number of carboxylic acid groups (broad SMARTS) is 1. The van der Waals surface area contributed by atoms with Gasteiger partial charge in [0.15, 0.2) is 0 Å². The number of benzene rings is 1. The minimum atomic E-state index is -3.82. The minimum Gasteiger partial charge on any atom is -0.480 e. The predicted octanol–water partition coefficient (Wildman–Crippen LogP) is 5.16. The van der Waals surface area contributed by atoms with Crippen LogP contribution < -0.4 is 10.6 Å². The molecule has 0 spiro atoms. The average molecular weight is 648 g/mol.